The van der Waals surface area contributed by atoms with Crippen molar-refractivity contribution >= 4 is 28.2 Å². The van der Waals surface area contributed by atoms with E-state index in [2.05, 4.69) is 10.4 Å². The quantitative estimate of drug-likeness (QED) is 0.863. The van der Waals surface area contributed by atoms with Crippen LogP contribution in [0.1, 0.15) is 56.6 Å². The van der Waals surface area contributed by atoms with Crippen LogP contribution in [0.25, 0.3) is 0 Å². The lowest BCUT2D eigenvalue weighted by Gasteiger charge is -2.12. The van der Waals surface area contributed by atoms with E-state index in [0.29, 0.717) is 28.4 Å². The summed E-state index contributed by atoms with van der Waals surface area (Å²) in [4.78, 5) is 26.2. The van der Waals surface area contributed by atoms with Crippen LogP contribution in [-0.2, 0) is 24.6 Å². The first kappa shape index (κ1) is 16.7. The number of hydrogen-bond acceptors (Lipinski definition) is 5. The first-order chi connectivity index (χ1) is 11.5. The molecule has 1 amide bonds. The number of carbonyl (C=O) groups excluding carboxylic acids is 2. The van der Waals surface area contributed by atoms with Crippen molar-refractivity contribution in [2.45, 2.75) is 39.5 Å². The molecule has 128 valence electrons. The lowest BCUT2D eigenvalue weighted by molar-refractivity contribution is 0.0526. The zero-order valence-electron chi connectivity index (χ0n) is 14.1. The van der Waals surface area contributed by atoms with Gasteiger partial charge in [-0.2, -0.15) is 5.10 Å². The predicted octanol–water partition coefficient (Wildman–Crippen LogP) is 3.10. The van der Waals surface area contributed by atoms with Crippen LogP contribution in [0.5, 0.6) is 0 Å². The summed E-state index contributed by atoms with van der Waals surface area (Å²) in [5, 5.41) is 7.69. The lowest BCUT2D eigenvalue weighted by atomic mass is 9.95. The van der Waals surface area contributed by atoms with Crippen LogP contribution in [0.15, 0.2) is 6.20 Å². The molecular formula is C17H21N3O3S. The molecule has 1 N–H and O–H groups in total. The number of ether oxygens (including phenoxy) is 1. The van der Waals surface area contributed by atoms with Gasteiger partial charge < -0.3 is 10.1 Å². The number of nitrogens with one attached hydrogen (secondary N) is 1. The number of rotatable bonds is 4. The molecule has 2 heterocycles. The summed E-state index contributed by atoms with van der Waals surface area (Å²) in [7, 11) is 1.78. The number of carbonyl (C=O) groups is 2. The Morgan fingerprint density at radius 2 is 2.12 bits per heavy atom. The summed E-state index contributed by atoms with van der Waals surface area (Å²) < 4.78 is 6.82. The summed E-state index contributed by atoms with van der Waals surface area (Å²) in [5.74, 6) is -0.597. The van der Waals surface area contributed by atoms with Crippen molar-refractivity contribution in [1.82, 2.24) is 9.78 Å². The molecule has 0 unspecified atom stereocenters. The van der Waals surface area contributed by atoms with Crippen molar-refractivity contribution in [3.63, 3.8) is 0 Å². The van der Waals surface area contributed by atoms with E-state index in [0.717, 1.165) is 31.2 Å². The van der Waals surface area contributed by atoms with Crippen molar-refractivity contribution < 1.29 is 14.3 Å². The van der Waals surface area contributed by atoms with Crippen molar-refractivity contribution in [2.75, 3.05) is 11.9 Å². The molecule has 1 aliphatic carbocycles. The van der Waals surface area contributed by atoms with Crippen molar-refractivity contribution in [3.05, 3.63) is 33.5 Å². The van der Waals surface area contributed by atoms with Crippen LogP contribution in [-0.4, -0.2) is 28.3 Å². The highest BCUT2D eigenvalue weighted by atomic mass is 32.1. The Bertz CT molecular complexity index is 791. The Kier molecular flexibility index (Phi) is 4.71. The second-order valence-corrected chi connectivity index (χ2v) is 7.00. The van der Waals surface area contributed by atoms with Crippen molar-refractivity contribution in [3.8, 4) is 0 Å². The van der Waals surface area contributed by atoms with Gasteiger partial charge in [-0.1, -0.05) is 0 Å². The Labute approximate surface area is 144 Å². The molecule has 7 heteroatoms. The Morgan fingerprint density at radius 3 is 2.79 bits per heavy atom. The summed E-state index contributed by atoms with van der Waals surface area (Å²) in [6.45, 7) is 3.90. The maximum absolute atomic E-state index is 12.6. The fourth-order valence-electron chi connectivity index (χ4n) is 3.07. The van der Waals surface area contributed by atoms with E-state index in [-0.39, 0.29) is 11.9 Å². The van der Waals surface area contributed by atoms with E-state index in [1.54, 1.807) is 31.8 Å². The van der Waals surface area contributed by atoms with E-state index in [1.807, 2.05) is 0 Å². The molecule has 0 saturated heterocycles. The molecule has 0 spiro atoms. The number of hydrogen-bond donors (Lipinski definition) is 1. The zero-order chi connectivity index (χ0) is 17.3. The van der Waals surface area contributed by atoms with Gasteiger partial charge in [0.05, 0.1) is 23.4 Å². The van der Waals surface area contributed by atoms with E-state index in [4.69, 9.17) is 4.74 Å². The highest BCUT2D eigenvalue weighted by Gasteiger charge is 2.27. The van der Waals surface area contributed by atoms with Crippen LogP contribution < -0.4 is 5.32 Å². The monoisotopic (exact) mass is 347 g/mol. The molecule has 6 nitrogen and oxygen atoms in total. The Hall–Kier alpha value is -2.15. The molecule has 24 heavy (non-hydrogen) atoms. The Balaban J connectivity index is 1.95. The number of aryl methyl sites for hydroxylation is 3. The van der Waals surface area contributed by atoms with Gasteiger partial charge in [-0.3, -0.25) is 9.48 Å². The first-order valence-electron chi connectivity index (χ1n) is 8.14. The Morgan fingerprint density at radius 1 is 1.38 bits per heavy atom. The highest BCUT2D eigenvalue weighted by Crippen LogP contribution is 2.38. The van der Waals surface area contributed by atoms with Gasteiger partial charge in [0.15, 0.2) is 0 Å². The molecule has 0 atom stereocenters. The third kappa shape index (κ3) is 3.08. The SMILES string of the molecule is CCOC(=O)c1c(NC(=O)c2cn(C)nc2C)sc2c1CCCC2. The minimum atomic E-state index is -0.352. The second-order valence-electron chi connectivity index (χ2n) is 5.89. The van der Waals surface area contributed by atoms with Crippen LogP contribution in [0.2, 0.25) is 0 Å². The maximum Gasteiger partial charge on any atom is 0.341 e. The number of amides is 1. The number of esters is 1. The van der Waals surface area contributed by atoms with E-state index in [9.17, 15) is 9.59 Å². The molecule has 1 aliphatic rings. The summed E-state index contributed by atoms with van der Waals surface area (Å²) >= 11 is 1.49. The molecule has 0 fully saturated rings. The molecule has 0 aromatic carbocycles. The molecule has 0 aliphatic heterocycles. The zero-order valence-corrected chi connectivity index (χ0v) is 15.0. The number of thiophene rings is 1. The fraction of sp³-hybridized carbons (Fsp3) is 0.471. The molecule has 2 aromatic heterocycles. The van der Waals surface area contributed by atoms with Crippen LogP contribution >= 0.6 is 11.3 Å². The molecular weight excluding hydrogens is 326 g/mol. The topological polar surface area (TPSA) is 73.2 Å². The number of anilines is 1. The van der Waals surface area contributed by atoms with E-state index >= 15 is 0 Å². The molecule has 0 bridgehead atoms. The van der Waals surface area contributed by atoms with Crippen molar-refractivity contribution in [2.24, 2.45) is 7.05 Å². The maximum atomic E-state index is 12.6. The predicted molar refractivity (Wildman–Crippen MR) is 92.8 cm³/mol. The standard InChI is InChI=1S/C17H21N3O3S/c1-4-23-17(22)14-11-7-5-6-8-13(11)24-16(14)18-15(21)12-9-20(3)19-10(12)2/h9H,4-8H2,1-3H3,(H,18,21). The largest absolute Gasteiger partial charge is 0.462 e. The van der Waals surface area contributed by atoms with Gasteiger partial charge in [0, 0.05) is 18.1 Å². The summed E-state index contributed by atoms with van der Waals surface area (Å²) in [6.07, 6.45) is 5.67. The van der Waals surface area contributed by atoms with E-state index in [1.165, 1.54) is 16.2 Å². The van der Waals surface area contributed by atoms with Gasteiger partial charge >= 0.3 is 5.97 Å². The second kappa shape index (κ2) is 6.76. The molecule has 2 aromatic rings. The minimum absolute atomic E-state index is 0.246. The third-order valence-corrected chi connectivity index (χ3v) is 5.34. The lowest BCUT2D eigenvalue weighted by Crippen LogP contribution is -2.16. The summed E-state index contributed by atoms with van der Waals surface area (Å²) in [6, 6.07) is 0. The van der Waals surface area contributed by atoms with Gasteiger partial charge in [-0.15, -0.1) is 11.3 Å². The number of aromatic nitrogens is 2. The van der Waals surface area contributed by atoms with Gasteiger partial charge in [0.1, 0.15) is 5.00 Å². The van der Waals surface area contributed by atoms with E-state index < -0.39 is 0 Å². The van der Waals surface area contributed by atoms with Crippen LogP contribution in [0.3, 0.4) is 0 Å². The van der Waals surface area contributed by atoms with Crippen molar-refractivity contribution in [1.29, 1.82) is 0 Å². The van der Waals surface area contributed by atoms with Gasteiger partial charge in [0.2, 0.25) is 0 Å². The normalized spacial score (nSPS) is 13.5. The first-order valence-corrected chi connectivity index (χ1v) is 8.96. The van der Waals surface area contributed by atoms with Gasteiger partial charge in [-0.05, 0) is 45.1 Å². The average Bonchev–Trinajstić information content (AvgIpc) is 3.06. The van der Waals surface area contributed by atoms with Gasteiger partial charge in [0.25, 0.3) is 5.91 Å². The molecule has 0 radical (unpaired) electrons. The number of fused-ring (bicyclic) bond motifs is 1. The smallest absolute Gasteiger partial charge is 0.341 e. The molecule has 0 saturated carbocycles. The highest BCUT2D eigenvalue weighted by molar-refractivity contribution is 7.17. The number of nitrogens with zero attached hydrogens (tertiary/aromatic N) is 2. The fourth-order valence-corrected chi connectivity index (χ4v) is 4.34. The minimum Gasteiger partial charge on any atom is -0.462 e. The van der Waals surface area contributed by atoms with Crippen LogP contribution in [0, 0.1) is 6.92 Å². The average molecular weight is 347 g/mol. The molecule has 3 rings (SSSR count). The van der Waals surface area contributed by atoms with Gasteiger partial charge in [-0.25, -0.2) is 4.79 Å². The third-order valence-electron chi connectivity index (χ3n) is 4.14. The summed E-state index contributed by atoms with van der Waals surface area (Å²) in [5.41, 5.74) is 2.75. The van der Waals surface area contributed by atoms with Crippen LogP contribution in [0.4, 0.5) is 5.00 Å².